The number of piperidine rings is 1. The number of aliphatic carboxylic acids is 1. The molecule has 0 spiro atoms. The van der Waals surface area contributed by atoms with E-state index >= 15 is 0 Å². The van der Waals surface area contributed by atoms with Gasteiger partial charge in [-0.2, -0.15) is 0 Å². The molecule has 2 saturated heterocycles. The molecule has 0 bridgehead atoms. The molecular formula is C27H32N2O4. The van der Waals surface area contributed by atoms with Gasteiger partial charge in [0, 0.05) is 24.5 Å². The summed E-state index contributed by atoms with van der Waals surface area (Å²) in [5.74, 6) is -0.968. The molecule has 6 nitrogen and oxygen atoms in total. The molecule has 0 saturated carbocycles. The number of carbonyl (C=O) groups is 2. The van der Waals surface area contributed by atoms with Gasteiger partial charge < -0.3 is 9.84 Å². The van der Waals surface area contributed by atoms with Crippen LogP contribution in [-0.2, 0) is 9.53 Å². The monoisotopic (exact) mass is 448 g/mol. The van der Waals surface area contributed by atoms with E-state index in [0.29, 0.717) is 13.0 Å². The summed E-state index contributed by atoms with van der Waals surface area (Å²) in [6, 6.07) is 16.0. The van der Waals surface area contributed by atoms with Gasteiger partial charge in [0.1, 0.15) is 6.61 Å². The molecule has 1 amide bonds. The highest BCUT2D eigenvalue weighted by molar-refractivity contribution is 5.86. The highest BCUT2D eigenvalue weighted by Crippen LogP contribution is 2.45. The van der Waals surface area contributed by atoms with E-state index in [1.807, 2.05) is 38.1 Å². The van der Waals surface area contributed by atoms with Crippen molar-refractivity contribution in [1.29, 1.82) is 0 Å². The van der Waals surface area contributed by atoms with Gasteiger partial charge in [0.2, 0.25) is 0 Å². The number of amides is 1. The molecule has 0 aromatic heterocycles. The number of carbonyl (C=O) groups excluding carboxylic acids is 1. The number of rotatable bonds is 5. The number of carboxylic acids is 1. The van der Waals surface area contributed by atoms with E-state index in [2.05, 4.69) is 29.2 Å². The van der Waals surface area contributed by atoms with Crippen LogP contribution in [0.2, 0.25) is 0 Å². The molecule has 3 aliphatic rings. The van der Waals surface area contributed by atoms with Gasteiger partial charge in [-0.05, 0) is 61.9 Å². The summed E-state index contributed by atoms with van der Waals surface area (Å²) < 4.78 is 5.94. The van der Waals surface area contributed by atoms with E-state index in [-0.39, 0.29) is 24.6 Å². The minimum Gasteiger partial charge on any atom is -0.479 e. The molecule has 0 radical (unpaired) electrons. The molecular weight excluding hydrogens is 416 g/mol. The summed E-state index contributed by atoms with van der Waals surface area (Å²) in [7, 11) is 0. The number of fused-ring (bicyclic) bond motifs is 4. The van der Waals surface area contributed by atoms with Crippen LogP contribution in [0.15, 0.2) is 48.5 Å². The van der Waals surface area contributed by atoms with E-state index in [9.17, 15) is 14.7 Å². The Morgan fingerprint density at radius 2 is 1.70 bits per heavy atom. The zero-order chi connectivity index (χ0) is 23.2. The fraction of sp³-hybridized carbons (Fsp3) is 0.481. The maximum atomic E-state index is 13.6. The molecule has 2 unspecified atom stereocenters. The predicted molar refractivity (Wildman–Crippen MR) is 126 cm³/mol. The van der Waals surface area contributed by atoms with E-state index in [1.165, 1.54) is 16.0 Å². The van der Waals surface area contributed by atoms with Gasteiger partial charge in [0.15, 0.2) is 5.54 Å². The van der Waals surface area contributed by atoms with Crippen molar-refractivity contribution in [2.75, 3.05) is 19.7 Å². The lowest BCUT2D eigenvalue weighted by atomic mass is 9.83. The Bertz CT molecular complexity index is 1020. The van der Waals surface area contributed by atoms with Crippen LogP contribution in [0.5, 0.6) is 0 Å². The average molecular weight is 449 g/mol. The molecule has 2 fully saturated rings. The zero-order valence-electron chi connectivity index (χ0n) is 19.4. The van der Waals surface area contributed by atoms with Gasteiger partial charge >= 0.3 is 12.1 Å². The van der Waals surface area contributed by atoms with Crippen LogP contribution in [0, 0.1) is 0 Å². The molecule has 2 aromatic rings. The normalized spacial score (nSPS) is 24.3. The lowest BCUT2D eigenvalue weighted by Gasteiger charge is -2.46. The van der Waals surface area contributed by atoms with Gasteiger partial charge in [-0.25, -0.2) is 9.59 Å². The van der Waals surface area contributed by atoms with Crippen LogP contribution < -0.4 is 0 Å². The number of nitrogens with zero attached hydrogens (tertiary/aromatic N) is 2. The molecule has 2 heterocycles. The maximum Gasteiger partial charge on any atom is 0.411 e. The summed E-state index contributed by atoms with van der Waals surface area (Å²) >= 11 is 0. The second-order valence-electron chi connectivity index (χ2n) is 9.79. The van der Waals surface area contributed by atoms with Crippen molar-refractivity contribution in [3.8, 4) is 11.1 Å². The number of benzene rings is 2. The topological polar surface area (TPSA) is 70.1 Å². The molecule has 174 valence electrons. The zero-order valence-corrected chi connectivity index (χ0v) is 19.4. The van der Waals surface area contributed by atoms with Crippen molar-refractivity contribution in [1.82, 2.24) is 9.80 Å². The van der Waals surface area contributed by atoms with E-state index in [1.54, 1.807) is 0 Å². The fourth-order valence-electron chi connectivity index (χ4n) is 6.41. The Morgan fingerprint density at radius 1 is 1.06 bits per heavy atom. The first-order chi connectivity index (χ1) is 15.9. The molecule has 1 aliphatic carbocycles. The third-order valence-electron chi connectivity index (χ3n) is 7.79. The Kier molecular flexibility index (Phi) is 5.65. The smallest absolute Gasteiger partial charge is 0.411 e. The Morgan fingerprint density at radius 3 is 2.30 bits per heavy atom. The summed E-state index contributed by atoms with van der Waals surface area (Å²) in [6.07, 6.45) is 2.79. The standard InChI is InChI=1S/C27H32N2O4/c1-18(2)29(27(25(30)31)14-16-28-15-8-7-13-24(27)28)26(32)33-17-23-21-11-5-3-9-19(21)20-10-4-6-12-22(20)23/h3-6,9-12,18,23-24H,7-8,13-17H2,1-2H3,(H,30,31). The van der Waals surface area contributed by atoms with Crippen molar-refractivity contribution in [3.05, 3.63) is 59.7 Å². The Hall–Kier alpha value is -2.86. The first-order valence-electron chi connectivity index (χ1n) is 12.1. The van der Waals surface area contributed by atoms with Crippen molar-refractivity contribution in [2.24, 2.45) is 0 Å². The Labute approximate surface area is 195 Å². The van der Waals surface area contributed by atoms with Gasteiger partial charge in [0.05, 0.1) is 0 Å². The third kappa shape index (κ3) is 3.43. The van der Waals surface area contributed by atoms with Crippen molar-refractivity contribution >= 4 is 12.1 Å². The molecule has 6 heteroatoms. The van der Waals surface area contributed by atoms with Crippen molar-refractivity contribution < 1.29 is 19.4 Å². The van der Waals surface area contributed by atoms with Crippen molar-refractivity contribution in [3.63, 3.8) is 0 Å². The van der Waals surface area contributed by atoms with Gasteiger partial charge in [0.25, 0.3) is 0 Å². The molecule has 2 atom stereocenters. The lowest BCUT2D eigenvalue weighted by Crippen LogP contribution is -2.66. The van der Waals surface area contributed by atoms with Gasteiger partial charge in [-0.15, -0.1) is 0 Å². The molecule has 1 N–H and O–H groups in total. The SMILES string of the molecule is CC(C)N(C(=O)OCC1c2ccccc2-c2ccccc21)C1(C(=O)O)CCN2CCCCC21. The van der Waals surface area contributed by atoms with E-state index < -0.39 is 17.6 Å². The molecule has 33 heavy (non-hydrogen) atoms. The molecule has 2 aliphatic heterocycles. The van der Waals surface area contributed by atoms with Crippen LogP contribution in [0.3, 0.4) is 0 Å². The van der Waals surface area contributed by atoms with E-state index in [4.69, 9.17) is 4.74 Å². The number of carboxylic acid groups (broad SMARTS) is 1. The predicted octanol–water partition coefficient (Wildman–Crippen LogP) is 4.73. The largest absolute Gasteiger partial charge is 0.479 e. The first kappa shape index (κ1) is 22.0. The Balaban J connectivity index is 1.42. The van der Waals surface area contributed by atoms with Crippen LogP contribution in [0.1, 0.15) is 56.6 Å². The van der Waals surface area contributed by atoms with Crippen LogP contribution >= 0.6 is 0 Å². The minimum atomic E-state index is -1.24. The highest BCUT2D eigenvalue weighted by Gasteiger charge is 2.59. The maximum absolute atomic E-state index is 13.6. The highest BCUT2D eigenvalue weighted by atomic mass is 16.6. The van der Waals surface area contributed by atoms with Crippen molar-refractivity contribution in [2.45, 2.75) is 63.1 Å². The number of ether oxygens (including phenoxy) is 1. The summed E-state index contributed by atoms with van der Waals surface area (Å²) in [5, 5.41) is 10.4. The minimum absolute atomic E-state index is 0.0501. The second-order valence-corrected chi connectivity index (χ2v) is 9.79. The summed E-state index contributed by atoms with van der Waals surface area (Å²) in [6.45, 7) is 5.57. The van der Waals surface area contributed by atoms with Crippen LogP contribution in [0.4, 0.5) is 4.79 Å². The quantitative estimate of drug-likeness (QED) is 0.716. The summed E-state index contributed by atoms with van der Waals surface area (Å²) in [5.41, 5.74) is 3.40. The second kappa shape index (κ2) is 8.49. The van der Waals surface area contributed by atoms with Crippen LogP contribution in [-0.4, -0.2) is 64.3 Å². The average Bonchev–Trinajstić information content (AvgIpc) is 3.35. The first-order valence-corrected chi connectivity index (χ1v) is 12.1. The molecule has 5 rings (SSSR count). The number of hydrogen-bond acceptors (Lipinski definition) is 4. The number of hydrogen-bond donors (Lipinski definition) is 1. The summed E-state index contributed by atoms with van der Waals surface area (Å²) in [4.78, 5) is 30.1. The van der Waals surface area contributed by atoms with E-state index in [0.717, 1.165) is 36.9 Å². The molecule has 2 aromatic carbocycles. The van der Waals surface area contributed by atoms with Gasteiger partial charge in [-0.1, -0.05) is 55.0 Å². The fourth-order valence-corrected chi connectivity index (χ4v) is 6.41. The third-order valence-corrected chi connectivity index (χ3v) is 7.79. The van der Waals surface area contributed by atoms with Crippen LogP contribution in [0.25, 0.3) is 11.1 Å². The van der Waals surface area contributed by atoms with Gasteiger partial charge in [-0.3, -0.25) is 9.80 Å². The lowest BCUT2D eigenvalue weighted by molar-refractivity contribution is -0.154.